The minimum Gasteiger partial charge on any atom is -0.543 e. The zero-order valence-electron chi connectivity index (χ0n) is 4.13. The van der Waals surface area contributed by atoms with Crippen LogP contribution in [0.25, 0.3) is 0 Å². The van der Waals surface area contributed by atoms with E-state index >= 15 is 0 Å². The van der Waals surface area contributed by atoms with Crippen LogP contribution in [0.1, 0.15) is 0 Å². The smallest absolute Gasteiger partial charge is 0.0870 e. The van der Waals surface area contributed by atoms with Gasteiger partial charge in [-0.2, -0.15) is 0 Å². The molecule has 0 atom stereocenters. The van der Waals surface area contributed by atoms with Crippen molar-refractivity contribution in [3.8, 4) is 0 Å². The molecule has 6 heteroatoms. The van der Waals surface area contributed by atoms with Crippen LogP contribution in [-0.4, -0.2) is 11.9 Å². The van der Waals surface area contributed by atoms with Crippen molar-refractivity contribution >= 4 is 11.9 Å². The first kappa shape index (κ1) is 15.7. The summed E-state index contributed by atoms with van der Waals surface area (Å²) in [6.07, 6.45) is 0. The van der Waals surface area contributed by atoms with Crippen LogP contribution in [-0.2, 0) is 9.59 Å². The second-order valence-corrected chi connectivity index (χ2v) is 0.575. The van der Waals surface area contributed by atoms with Gasteiger partial charge in [0, 0.05) is 39.9 Å². The molecule has 0 rings (SSSR count). The fourth-order valence-electron chi connectivity index (χ4n) is 0. The van der Waals surface area contributed by atoms with E-state index in [1.807, 2.05) is 0 Å². The second-order valence-electron chi connectivity index (χ2n) is 0.575. The van der Waals surface area contributed by atoms with Gasteiger partial charge in [-0.05, 0) is 0 Å². The first-order chi connectivity index (χ1) is 2.64. The van der Waals surface area contributed by atoms with Crippen LogP contribution >= 0.6 is 0 Å². The monoisotopic (exact) mass is 338 g/mol. The first-order valence-electron chi connectivity index (χ1n) is 1.07. The fraction of sp³-hybridized carbons (Fsp3) is 0. The minimum absolute atomic E-state index is 0. The normalized spacial score (nSPS) is 5.50. The number of quaternary nitrogens is 1. The van der Waals surface area contributed by atoms with Gasteiger partial charge in [-0.25, -0.2) is 0 Å². The Labute approximate surface area is 77.3 Å². The summed E-state index contributed by atoms with van der Waals surface area (Å²) in [6.45, 7) is 0. The molecule has 5 nitrogen and oxygen atoms in total. The molecular weight excluding hydrogens is 334 g/mol. The first-order valence-corrected chi connectivity index (χ1v) is 1.07. The van der Waals surface area contributed by atoms with Gasteiger partial charge in [0.15, 0.2) is 0 Å². The van der Waals surface area contributed by atoms with Gasteiger partial charge in [0.05, 0.1) is 11.9 Å². The van der Waals surface area contributed by atoms with E-state index in [4.69, 9.17) is 19.8 Å². The second kappa shape index (κ2) is 7.22. The van der Waals surface area contributed by atoms with E-state index in [9.17, 15) is 0 Å². The quantitative estimate of drug-likeness (QED) is 0.470. The van der Waals surface area contributed by atoms with Crippen molar-refractivity contribution in [1.82, 2.24) is 6.15 Å². The Morgan fingerprint density at radius 3 is 1.12 bits per heavy atom. The molecule has 0 radical (unpaired) electrons. The summed E-state index contributed by atoms with van der Waals surface area (Å²) in [7, 11) is 0. The molecule has 0 saturated carbocycles. The summed E-state index contributed by atoms with van der Waals surface area (Å²) in [6, 6.07) is 0. The predicted molar refractivity (Wildman–Crippen MR) is 16.0 cm³/mol. The predicted octanol–water partition coefficient (Wildman–Crippen LogP) is -3.14. The number of rotatable bonds is 0. The Kier molecular flexibility index (Phi) is 14.2. The zero-order chi connectivity index (χ0) is 5.15. The molecule has 0 aliphatic rings. The molecule has 8 heavy (non-hydrogen) atoms. The summed E-state index contributed by atoms with van der Waals surface area (Å²) in [4.78, 5) is 17.9. The number of carbonyl (C=O) groups is 2. The van der Waals surface area contributed by atoms with E-state index in [0.717, 1.165) is 0 Å². The number of aliphatic carboxylic acids is 2. The number of carbonyl (C=O) groups excluding carboxylic acids is 2. The zero-order valence-corrected chi connectivity index (χ0v) is 8.24. The van der Waals surface area contributed by atoms with Crippen molar-refractivity contribution < 1.29 is 59.7 Å². The molecule has 0 aliphatic carbocycles. The van der Waals surface area contributed by atoms with E-state index in [1.54, 1.807) is 0 Å². The fourth-order valence-corrected chi connectivity index (χ4v) is 0. The molecule has 0 unspecified atom stereocenters. The molecule has 4 N–H and O–H groups in total. The van der Waals surface area contributed by atoms with Crippen LogP contribution in [0, 0.1) is 39.9 Å². The summed E-state index contributed by atoms with van der Waals surface area (Å²) in [5.74, 6) is -4.37. The molecule has 0 heterocycles. The van der Waals surface area contributed by atoms with Gasteiger partial charge < -0.3 is 26.0 Å². The number of hydrogen-bond donors (Lipinski definition) is 1. The largest absolute Gasteiger partial charge is 0.543 e. The van der Waals surface area contributed by atoms with Gasteiger partial charge in [-0.1, -0.05) is 0 Å². The minimum atomic E-state index is -2.19. The van der Waals surface area contributed by atoms with Crippen LogP contribution in [0.5, 0.6) is 0 Å². The topological polar surface area (TPSA) is 117 Å². The van der Waals surface area contributed by atoms with E-state index in [0.29, 0.717) is 0 Å². The van der Waals surface area contributed by atoms with Gasteiger partial charge in [-0.3, -0.25) is 0 Å². The van der Waals surface area contributed by atoms with Gasteiger partial charge >= 0.3 is 0 Å². The van der Waals surface area contributed by atoms with Crippen LogP contribution in [0.3, 0.4) is 0 Å². The SMILES string of the molecule is O=C([O-])C(=O)[O-].[NH4+].[Th]. The Hall–Kier alpha value is 0.225. The Morgan fingerprint density at radius 2 is 1.12 bits per heavy atom. The van der Waals surface area contributed by atoms with Crippen molar-refractivity contribution in [1.29, 1.82) is 0 Å². The summed E-state index contributed by atoms with van der Waals surface area (Å²) >= 11 is 0. The van der Waals surface area contributed by atoms with Crippen LogP contribution < -0.4 is 16.4 Å². The maximum atomic E-state index is 8.93. The Balaban J connectivity index is -0.000000125. The Morgan fingerprint density at radius 1 is 1.00 bits per heavy atom. The number of carboxylic acid groups (broad SMARTS) is 2. The van der Waals surface area contributed by atoms with Crippen LogP contribution in [0.15, 0.2) is 0 Å². The molecule has 0 aliphatic heterocycles. The van der Waals surface area contributed by atoms with Gasteiger partial charge in [-0.15, -0.1) is 0 Å². The standard InChI is InChI=1S/C2H2O4.H3N.Th/c3-1(4)2(5)6;;/h(H,3,4)(H,5,6);1H3;/p-1. The molecule has 0 aromatic rings. The molecule has 0 bridgehead atoms. The summed E-state index contributed by atoms with van der Waals surface area (Å²) < 4.78 is 0. The number of carboxylic acids is 2. The maximum Gasteiger partial charge on any atom is 0.0870 e. The molecule has 0 fully saturated rings. The number of hydrogen-bond acceptors (Lipinski definition) is 4. The summed E-state index contributed by atoms with van der Waals surface area (Å²) in [5.41, 5.74) is 0. The average Bonchev–Trinajstić information content (AvgIpc) is 1.36. The van der Waals surface area contributed by atoms with Crippen LogP contribution in [0.2, 0.25) is 0 Å². The van der Waals surface area contributed by atoms with Crippen molar-refractivity contribution in [2.45, 2.75) is 0 Å². The molecule has 0 aromatic carbocycles. The molecule has 46 valence electrons. The third kappa shape index (κ3) is 9.52. The van der Waals surface area contributed by atoms with E-state index < -0.39 is 11.9 Å². The molecule has 0 aromatic heterocycles. The van der Waals surface area contributed by atoms with Crippen molar-refractivity contribution in [3.63, 3.8) is 0 Å². The molecule has 0 spiro atoms. The maximum absolute atomic E-state index is 8.93. The van der Waals surface area contributed by atoms with Gasteiger partial charge in [0.1, 0.15) is 0 Å². The summed E-state index contributed by atoms with van der Waals surface area (Å²) in [5, 5.41) is 17.9. The van der Waals surface area contributed by atoms with E-state index in [-0.39, 0.29) is 46.1 Å². The average molecular weight is 338 g/mol. The molecule has 0 amide bonds. The molecular formula is C2H4NO4Th-. The van der Waals surface area contributed by atoms with Crippen molar-refractivity contribution in [2.24, 2.45) is 0 Å². The van der Waals surface area contributed by atoms with Gasteiger partial charge in [0.25, 0.3) is 0 Å². The van der Waals surface area contributed by atoms with Crippen molar-refractivity contribution in [3.05, 3.63) is 0 Å². The van der Waals surface area contributed by atoms with E-state index in [1.165, 1.54) is 0 Å². The third-order valence-corrected chi connectivity index (χ3v) is 0.167. The van der Waals surface area contributed by atoms with E-state index in [2.05, 4.69) is 0 Å². The van der Waals surface area contributed by atoms with Crippen LogP contribution in [0.4, 0.5) is 0 Å². The van der Waals surface area contributed by atoms with Crippen molar-refractivity contribution in [2.75, 3.05) is 0 Å². The Bertz CT molecular complexity index is 80.0. The third-order valence-electron chi connectivity index (χ3n) is 0.167. The van der Waals surface area contributed by atoms with Gasteiger partial charge in [0.2, 0.25) is 0 Å². The molecule has 0 saturated heterocycles.